The highest BCUT2D eigenvalue weighted by Crippen LogP contribution is 2.24. The molecule has 1 aromatic rings. The lowest BCUT2D eigenvalue weighted by Crippen LogP contribution is -2.22. The van der Waals surface area contributed by atoms with Crippen LogP contribution in [0.15, 0.2) is 12.4 Å². The van der Waals surface area contributed by atoms with Gasteiger partial charge in [-0.05, 0) is 31.6 Å². The van der Waals surface area contributed by atoms with Crippen LogP contribution >= 0.6 is 0 Å². The standard InChI is InChI=1S/C15H24N4/c1-2-3-12-6-7-19(11-12)15-10-17-14(9-18-15)8-16-13-4-5-13/h9-10,12-13,16H,2-8,11H2,1H3. The molecule has 3 rings (SSSR count). The van der Waals surface area contributed by atoms with Crippen molar-refractivity contribution in [2.24, 2.45) is 5.92 Å². The molecule has 0 aromatic carbocycles. The Labute approximate surface area is 115 Å². The van der Waals surface area contributed by atoms with Crippen LogP contribution < -0.4 is 10.2 Å². The van der Waals surface area contributed by atoms with Crippen molar-refractivity contribution in [3.05, 3.63) is 18.1 Å². The summed E-state index contributed by atoms with van der Waals surface area (Å²) in [6, 6.07) is 0.731. The van der Waals surface area contributed by atoms with Crippen molar-refractivity contribution in [3.63, 3.8) is 0 Å². The van der Waals surface area contributed by atoms with E-state index in [9.17, 15) is 0 Å². The van der Waals surface area contributed by atoms with Gasteiger partial charge >= 0.3 is 0 Å². The summed E-state index contributed by atoms with van der Waals surface area (Å²) < 4.78 is 0. The van der Waals surface area contributed by atoms with Gasteiger partial charge < -0.3 is 10.2 Å². The summed E-state index contributed by atoms with van der Waals surface area (Å²) in [6.07, 6.45) is 10.4. The number of anilines is 1. The maximum Gasteiger partial charge on any atom is 0.147 e. The van der Waals surface area contributed by atoms with Crippen molar-refractivity contribution < 1.29 is 0 Å². The summed E-state index contributed by atoms with van der Waals surface area (Å²) in [5.74, 6) is 1.90. The van der Waals surface area contributed by atoms with Gasteiger partial charge in [0.05, 0.1) is 18.1 Å². The number of nitrogens with one attached hydrogen (secondary N) is 1. The summed E-state index contributed by atoms with van der Waals surface area (Å²) in [5, 5.41) is 3.47. The van der Waals surface area contributed by atoms with Gasteiger partial charge in [-0.25, -0.2) is 4.98 Å². The minimum atomic E-state index is 0.731. The Balaban J connectivity index is 1.53. The average Bonchev–Trinajstić information content (AvgIpc) is 3.16. The van der Waals surface area contributed by atoms with E-state index in [1.54, 1.807) is 0 Å². The van der Waals surface area contributed by atoms with E-state index in [1.807, 2.05) is 12.4 Å². The first-order valence-corrected chi connectivity index (χ1v) is 7.64. The lowest BCUT2D eigenvalue weighted by molar-refractivity contribution is 0.529. The van der Waals surface area contributed by atoms with E-state index in [0.717, 1.165) is 43.1 Å². The van der Waals surface area contributed by atoms with Gasteiger partial charge in [-0.2, -0.15) is 0 Å². The molecular weight excluding hydrogens is 236 g/mol. The first kappa shape index (κ1) is 12.9. The molecule has 1 saturated carbocycles. The molecule has 1 N–H and O–H groups in total. The van der Waals surface area contributed by atoms with Gasteiger partial charge in [0.15, 0.2) is 0 Å². The second kappa shape index (κ2) is 5.87. The molecule has 0 radical (unpaired) electrons. The molecule has 1 aliphatic heterocycles. The molecule has 2 aliphatic rings. The second-order valence-corrected chi connectivity index (χ2v) is 5.91. The summed E-state index contributed by atoms with van der Waals surface area (Å²) in [6.45, 7) is 5.42. The Morgan fingerprint density at radius 3 is 2.84 bits per heavy atom. The molecule has 104 valence electrons. The zero-order valence-corrected chi connectivity index (χ0v) is 11.8. The molecule has 19 heavy (non-hydrogen) atoms. The highest BCUT2D eigenvalue weighted by atomic mass is 15.2. The first-order valence-electron chi connectivity index (χ1n) is 7.64. The predicted molar refractivity (Wildman–Crippen MR) is 77.1 cm³/mol. The molecule has 0 spiro atoms. The molecule has 4 heteroatoms. The van der Waals surface area contributed by atoms with Crippen LogP contribution in [0.3, 0.4) is 0 Å². The lowest BCUT2D eigenvalue weighted by Gasteiger charge is -2.17. The number of hydrogen-bond donors (Lipinski definition) is 1. The zero-order valence-electron chi connectivity index (χ0n) is 11.8. The fourth-order valence-electron chi connectivity index (χ4n) is 2.82. The number of rotatable bonds is 6. The molecule has 1 aliphatic carbocycles. The van der Waals surface area contributed by atoms with Gasteiger partial charge in [0.25, 0.3) is 0 Å². The van der Waals surface area contributed by atoms with Gasteiger partial charge in [-0.1, -0.05) is 13.3 Å². The number of nitrogens with zero attached hydrogens (tertiary/aromatic N) is 3. The fourth-order valence-corrected chi connectivity index (χ4v) is 2.82. The molecule has 2 heterocycles. The van der Waals surface area contributed by atoms with Gasteiger partial charge in [-0.15, -0.1) is 0 Å². The van der Waals surface area contributed by atoms with Gasteiger partial charge in [-0.3, -0.25) is 4.98 Å². The Hall–Kier alpha value is -1.16. The fraction of sp³-hybridized carbons (Fsp3) is 0.733. The van der Waals surface area contributed by atoms with Crippen LogP contribution in [-0.4, -0.2) is 29.1 Å². The molecule has 1 unspecified atom stereocenters. The first-order chi connectivity index (χ1) is 9.35. The largest absolute Gasteiger partial charge is 0.355 e. The molecule has 0 bridgehead atoms. The Morgan fingerprint density at radius 2 is 2.16 bits per heavy atom. The van der Waals surface area contributed by atoms with E-state index in [0.29, 0.717) is 0 Å². The Morgan fingerprint density at radius 1 is 1.26 bits per heavy atom. The normalized spacial score (nSPS) is 23.0. The molecule has 1 saturated heterocycles. The molecule has 0 amide bonds. The molecule has 1 aromatic heterocycles. The average molecular weight is 260 g/mol. The van der Waals surface area contributed by atoms with Gasteiger partial charge in [0, 0.05) is 25.7 Å². The molecule has 2 fully saturated rings. The third-order valence-corrected chi connectivity index (χ3v) is 4.15. The van der Waals surface area contributed by atoms with Gasteiger partial charge in [0.1, 0.15) is 5.82 Å². The minimum Gasteiger partial charge on any atom is -0.355 e. The Bertz CT molecular complexity index is 399. The summed E-state index contributed by atoms with van der Waals surface area (Å²) in [4.78, 5) is 11.5. The van der Waals surface area contributed by atoms with E-state index < -0.39 is 0 Å². The monoisotopic (exact) mass is 260 g/mol. The van der Waals surface area contributed by atoms with Crippen molar-refractivity contribution in [1.82, 2.24) is 15.3 Å². The summed E-state index contributed by atoms with van der Waals surface area (Å²) in [7, 11) is 0. The van der Waals surface area contributed by atoms with Crippen molar-refractivity contribution in [3.8, 4) is 0 Å². The van der Waals surface area contributed by atoms with E-state index in [-0.39, 0.29) is 0 Å². The van der Waals surface area contributed by atoms with E-state index in [2.05, 4.69) is 27.1 Å². The third-order valence-electron chi connectivity index (χ3n) is 4.15. The van der Waals surface area contributed by atoms with E-state index in [4.69, 9.17) is 0 Å². The maximum atomic E-state index is 4.58. The van der Waals surface area contributed by atoms with Gasteiger partial charge in [0.2, 0.25) is 0 Å². The van der Waals surface area contributed by atoms with Crippen LogP contribution in [0.2, 0.25) is 0 Å². The van der Waals surface area contributed by atoms with Crippen molar-refractivity contribution in [2.45, 2.75) is 51.6 Å². The second-order valence-electron chi connectivity index (χ2n) is 5.91. The van der Waals surface area contributed by atoms with Crippen LogP contribution in [0.4, 0.5) is 5.82 Å². The van der Waals surface area contributed by atoms with Crippen LogP contribution in [0.25, 0.3) is 0 Å². The third kappa shape index (κ3) is 3.44. The Kier molecular flexibility index (Phi) is 3.97. The maximum absolute atomic E-state index is 4.58. The van der Waals surface area contributed by atoms with Crippen LogP contribution in [0, 0.1) is 5.92 Å². The SMILES string of the molecule is CCCC1CCN(c2cnc(CNC3CC3)cn2)C1. The highest BCUT2D eigenvalue weighted by Gasteiger charge is 2.23. The van der Waals surface area contributed by atoms with Crippen molar-refractivity contribution >= 4 is 5.82 Å². The summed E-state index contributed by atoms with van der Waals surface area (Å²) in [5.41, 5.74) is 1.06. The zero-order chi connectivity index (χ0) is 13.1. The topological polar surface area (TPSA) is 41.1 Å². The number of aromatic nitrogens is 2. The van der Waals surface area contributed by atoms with Crippen LogP contribution in [0.1, 0.15) is 44.7 Å². The minimum absolute atomic E-state index is 0.731. The molecular formula is C15H24N4. The quantitative estimate of drug-likeness (QED) is 0.852. The summed E-state index contributed by atoms with van der Waals surface area (Å²) >= 11 is 0. The number of hydrogen-bond acceptors (Lipinski definition) is 4. The highest BCUT2D eigenvalue weighted by molar-refractivity contribution is 5.37. The predicted octanol–water partition coefficient (Wildman–Crippen LogP) is 2.36. The van der Waals surface area contributed by atoms with Crippen molar-refractivity contribution in [2.75, 3.05) is 18.0 Å². The van der Waals surface area contributed by atoms with Crippen molar-refractivity contribution in [1.29, 1.82) is 0 Å². The molecule has 4 nitrogen and oxygen atoms in total. The lowest BCUT2D eigenvalue weighted by atomic mass is 10.0. The van der Waals surface area contributed by atoms with E-state index in [1.165, 1.54) is 32.1 Å². The van der Waals surface area contributed by atoms with Crippen LogP contribution in [-0.2, 0) is 6.54 Å². The smallest absolute Gasteiger partial charge is 0.147 e. The van der Waals surface area contributed by atoms with Crippen LogP contribution in [0.5, 0.6) is 0 Å². The molecule has 1 atom stereocenters. The van der Waals surface area contributed by atoms with E-state index >= 15 is 0 Å².